The number of aliphatic hydroxyl groups is 2. The SMILES string of the molecule is Cc1cc(NC(=O)c2c(C)nc3ccc(-c4ccccc4OCC(O)CO)nn23)nc(C)n1. The van der Waals surface area contributed by atoms with Crippen LogP contribution in [0.1, 0.15) is 27.7 Å². The van der Waals surface area contributed by atoms with Crippen molar-refractivity contribution < 1.29 is 19.7 Å². The normalized spacial score (nSPS) is 12.0. The summed E-state index contributed by atoms with van der Waals surface area (Å²) in [5, 5.41) is 26.1. The van der Waals surface area contributed by atoms with Gasteiger partial charge in [0.25, 0.3) is 5.91 Å². The second-order valence-electron chi connectivity index (χ2n) is 7.57. The van der Waals surface area contributed by atoms with E-state index in [0.29, 0.717) is 40.0 Å². The Labute approximate surface area is 189 Å². The maximum absolute atomic E-state index is 13.1. The highest BCUT2D eigenvalue weighted by molar-refractivity contribution is 6.03. The van der Waals surface area contributed by atoms with Crippen LogP contribution in [0.4, 0.5) is 5.82 Å². The number of aliphatic hydroxyl groups excluding tert-OH is 2. The van der Waals surface area contributed by atoms with E-state index in [4.69, 9.17) is 9.84 Å². The summed E-state index contributed by atoms with van der Waals surface area (Å²) < 4.78 is 7.16. The second-order valence-corrected chi connectivity index (χ2v) is 7.57. The van der Waals surface area contributed by atoms with Gasteiger partial charge in [0.05, 0.1) is 18.0 Å². The molecule has 0 fully saturated rings. The quantitative estimate of drug-likeness (QED) is 0.391. The first kappa shape index (κ1) is 22.3. The molecule has 0 aliphatic carbocycles. The number of anilines is 1. The molecular weight excluding hydrogens is 424 g/mol. The Kier molecular flexibility index (Phi) is 6.29. The number of rotatable bonds is 7. The van der Waals surface area contributed by atoms with Gasteiger partial charge in [0.1, 0.15) is 30.1 Å². The second kappa shape index (κ2) is 9.31. The summed E-state index contributed by atoms with van der Waals surface area (Å²) in [4.78, 5) is 26.0. The molecule has 33 heavy (non-hydrogen) atoms. The summed E-state index contributed by atoms with van der Waals surface area (Å²) in [5.74, 6) is 1.06. The number of hydrogen-bond acceptors (Lipinski definition) is 8. The number of aryl methyl sites for hydroxylation is 3. The van der Waals surface area contributed by atoms with Crippen molar-refractivity contribution in [2.45, 2.75) is 26.9 Å². The zero-order chi connectivity index (χ0) is 23.5. The van der Waals surface area contributed by atoms with Gasteiger partial charge in [-0.1, -0.05) is 12.1 Å². The van der Waals surface area contributed by atoms with E-state index in [1.165, 1.54) is 4.52 Å². The number of amides is 1. The molecule has 170 valence electrons. The molecule has 3 N–H and O–H groups in total. The van der Waals surface area contributed by atoms with Gasteiger partial charge in [0, 0.05) is 17.3 Å². The lowest BCUT2D eigenvalue weighted by atomic mass is 10.1. The monoisotopic (exact) mass is 448 g/mol. The van der Waals surface area contributed by atoms with Crippen molar-refractivity contribution in [2.75, 3.05) is 18.5 Å². The Morgan fingerprint density at radius 1 is 1.12 bits per heavy atom. The lowest BCUT2D eigenvalue weighted by Crippen LogP contribution is -2.21. The topological polar surface area (TPSA) is 135 Å². The Morgan fingerprint density at radius 3 is 2.67 bits per heavy atom. The summed E-state index contributed by atoms with van der Waals surface area (Å²) in [7, 11) is 0. The predicted octanol–water partition coefficient (Wildman–Crippen LogP) is 2.10. The van der Waals surface area contributed by atoms with Gasteiger partial charge in [-0.25, -0.2) is 19.5 Å². The van der Waals surface area contributed by atoms with Crippen LogP contribution >= 0.6 is 0 Å². The first-order chi connectivity index (χ1) is 15.9. The zero-order valence-corrected chi connectivity index (χ0v) is 18.5. The third kappa shape index (κ3) is 4.81. The van der Waals surface area contributed by atoms with Gasteiger partial charge in [0.2, 0.25) is 0 Å². The smallest absolute Gasteiger partial charge is 0.277 e. The minimum absolute atomic E-state index is 0.0641. The van der Waals surface area contributed by atoms with Gasteiger partial charge in [-0.05, 0) is 45.0 Å². The average Bonchev–Trinajstić information content (AvgIpc) is 3.11. The number of para-hydroxylation sites is 1. The molecule has 0 saturated heterocycles. The first-order valence-electron chi connectivity index (χ1n) is 10.4. The number of benzene rings is 1. The maximum Gasteiger partial charge on any atom is 0.277 e. The lowest BCUT2D eigenvalue weighted by Gasteiger charge is -2.13. The maximum atomic E-state index is 13.1. The minimum Gasteiger partial charge on any atom is -0.490 e. The number of imidazole rings is 1. The van der Waals surface area contributed by atoms with Gasteiger partial charge in [0.15, 0.2) is 11.3 Å². The fourth-order valence-corrected chi connectivity index (χ4v) is 3.45. The number of aromatic nitrogens is 5. The van der Waals surface area contributed by atoms with Gasteiger partial charge in [-0.2, -0.15) is 5.10 Å². The molecule has 10 heteroatoms. The van der Waals surface area contributed by atoms with Crippen LogP contribution in [0.2, 0.25) is 0 Å². The van der Waals surface area contributed by atoms with Crippen LogP contribution in [0.15, 0.2) is 42.5 Å². The number of ether oxygens (including phenoxy) is 1. The van der Waals surface area contributed by atoms with Crippen LogP contribution in [0.25, 0.3) is 16.9 Å². The number of hydrogen-bond donors (Lipinski definition) is 3. The Bertz CT molecular complexity index is 1300. The third-order valence-electron chi connectivity index (χ3n) is 4.88. The molecule has 0 bridgehead atoms. The largest absolute Gasteiger partial charge is 0.490 e. The van der Waals surface area contributed by atoms with Crippen LogP contribution in [0.3, 0.4) is 0 Å². The van der Waals surface area contributed by atoms with E-state index in [0.717, 1.165) is 5.69 Å². The molecule has 1 amide bonds. The molecule has 0 spiro atoms. The van der Waals surface area contributed by atoms with Crippen molar-refractivity contribution in [3.8, 4) is 17.0 Å². The molecule has 0 aliphatic heterocycles. The summed E-state index contributed by atoms with van der Waals surface area (Å²) in [6.07, 6.45) is -0.992. The van der Waals surface area contributed by atoms with E-state index in [2.05, 4.69) is 25.4 Å². The number of carbonyl (C=O) groups excluding carboxylic acids is 1. The molecule has 4 rings (SSSR count). The van der Waals surface area contributed by atoms with E-state index in [-0.39, 0.29) is 12.3 Å². The van der Waals surface area contributed by atoms with Crippen LogP contribution in [0.5, 0.6) is 5.75 Å². The highest BCUT2D eigenvalue weighted by Gasteiger charge is 2.20. The number of nitrogens with zero attached hydrogens (tertiary/aromatic N) is 5. The average molecular weight is 448 g/mol. The molecule has 0 saturated carbocycles. The number of carbonyl (C=O) groups is 1. The molecule has 1 atom stereocenters. The van der Waals surface area contributed by atoms with Crippen LogP contribution in [-0.2, 0) is 0 Å². The summed E-state index contributed by atoms with van der Waals surface area (Å²) >= 11 is 0. The molecule has 3 heterocycles. The molecular formula is C23H24N6O4. The molecule has 10 nitrogen and oxygen atoms in total. The molecule has 0 aliphatic rings. The van der Waals surface area contributed by atoms with Crippen molar-refractivity contribution in [1.29, 1.82) is 0 Å². The van der Waals surface area contributed by atoms with E-state index < -0.39 is 18.6 Å². The summed E-state index contributed by atoms with van der Waals surface area (Å²) in [5.41, 5.74) is 3.30. The van der Waals surface area contributed by atoms with Crippen molar-refractivity contribution in [3.05, 3.63) is 65.4 Å². The Hall–Kier alpha value is -3.89. The van der Waals surface area contributed by atoms with Crippen LogP contribution < -0.4 is 10.1 Å². The van der Waals surface area contributed by atoms with Crippen molar-refractivity contribution in [3.63, 3.8) is 0 Å². The fraction of sp³-hybridized carbons (Fsp3) is 0.261. The molecule has 1 unspecified atom stereocenters. The molecule has 4 aromatic rings. The van der Waals surface area contributed by atoms with Gasteiger partial charge in [-0.15, -0.1) is 0 Å². The molecule has 0 radical (unpaired) electrons. The van der Waals surface area contributed by atoms with Gasteiger partial charge in [-0.3, -0.25) is 4.79 Å². The van der Waals surface area contributed by atoms with E-state index in [9.17, 15) is 9.90 Å². The highest BCUT2D eigenvalue weighted by Crippen LogP contribution is 2.29. The van der Waals surface area contributed by atoms with Crippen molar-refractivity contribution in [1.82, 2.24) is 24.6 Å². The third-order valence-corrected chi connectivity index (χ3v) is 4.88. The number of nitrogens with one attached hydrogen (secondary N) is 1. The summed E-state index contributed by atoms with van der Waals surface area (Å²) in [6.45, 7) is 4.87. The van der Waals surface area contributed by atoms with E-state index in [1.54, 1.807) is 44.2 Å². The van der Waals surface area contributed by atoms with Gasteiger partial charge >= 0.3 is 0 Å². The predicted molar refractivity (Wildman–Crippen MR) is 121 cm³/mol. The molecule has 1 aromatic carbocycles. The standard InChI is InChI=1S/C23H24N6O4/c1-13-10-20(26-15(3)24-13)27-23(32)22-14(2)25-21-9-8-18(28-29(21)22)17-6-4-5-7-19(17)33-12-16(31)11-30/h4-10,16,30-31H,11-12H2,1-3H3,(H,24,26,27,32). The minimum atomic E-state index is -0.992. The van der Waals surface area contributed by atoms with Crippen molar-refractivity contribution in [2.24, 2.45) is 0 Å². The van der Waals surface area contributed by atoms with Crippen LogP contribution in [-0.4, -0.2) is 60.0 Å². The Balaban J connectivity index is 1.70. The Morgan fingerprint density at radius 2 is 1.91 bits per heavy atom. The van der Waals surface area contributed by atoms with E-state index in [1.807, 2.05) is 19.1 Å². The highest BCUT2D eigenvalue weighted by atomic mass is 16.5. The summed E-state index contributed by atoms with van der Waals surface area (Å²) in [6, 6.07) is 12.5. The van der Waals surface area contributed by atoms with E-state index >= 15 is 0 Å². The number of fused-ring (bicyclic) bond motifs is 1. The fourth-order valence-electron chi connectivity index (χ4n) is 3.45. The zero-order valence-electron chi connectivity index (χ0n) is 18.5. The van der Waals surface area contributed by atoms with Crippen molar-refractivity contribution >= 4 is 17.4 Å². The van der Waals surface area contributed by atoms with Gasteiger partial charge < -0.3 is 20.3 Å². The lowest BCUT2D eigenvalue weighted by molar-refractivity contribution is 0.0538. The molecule has 3 aromatic heterocycles. The first-order valence-corrected chi connectivity index (χ1v) is 10.4. The van der Waals surface area contributed by atoms with Crippen LogP contribution in [0, 0.1) is 20.8 Å².